The van der Waals surface area contributed by atoms with E-state index in [4.69, 9.17) is 27.9 Å². The number of carbonyl (C=O) groups excluding carboxylic acids is 2. The quantitative estimate of drug-likeness (QED) is 0.304. The first-order valence-corrected chi connectivity index (χ1v) is 11.9. The van der Waals surface area contributed by atoms with Gasteiger partial charge < -0.3 is 4.74 Å². The number of anilines is 1. The molecule has 0 saturated carbocycles. The number of thioether (sulfide) groups is 1. The Bertz CT molecular complexity index is 1310. The van der Waals surface area contributed by atoms with E-state index < -0.39 is 11.1 Å². The molecule has 9 heteroatoms. The lowest BCUT2D eigenvalue weighted by molar-refractivity contribution is -0.113. The van der Waals surface area contributed by atoms with Crippen molar-refractivity contribution < 1.29 is 14.3 Å². The number of carbonyl (C=O) groups is 2. The molecule has 1 aliphatic heterocycles. The van der Waals surface area contributed by atoms with E-state index in [9.17, 15) is 14.9 Å². The van der Waals surface area contributed by atoms with Crippen molar-refractivity contribution in [2.24, 2.45) is 0 Å². The molecule has 164 valence electrons. The zero-order valence-corrected chi connectivity index (χ0v) is 20.6. The van der Waals surface area contributed by atoms with Crippen molar-refractivity contribution in [3.63, 3.8) is 0 Å². The van der Waals surface area contributed by atoms with Crippen molar-refractivity contribution in [1.82, 2.24) is 0 Å². The van der Waals surface area contributed by atoms with E-state index in [1.807, 2.05) is 12.1 Å². The van der Waals surface area contributed by atoms with Crippen LogP contribution in [0.3, 0.4) is 0 Å². The smallest absolute Gasteiger partial charge is 0.298 e. The molecule has 1 fully saturated rings. The van der Waals surface area contributed by atoms with Gasteiger partial charge in [-0.05, 0) is 81.8 Å². The molecule has 1 heterocycles. The Morgan fingerprint density at radius 2 is 1.82 bits per heavy atom. The van der Waals surface area contributed by atoms with Gasteiger partial charge in [0.25, 0.3) is 11.1 Å². The third kappa shape index (κ3) is 5.10. The van der Waals surface area contributed by atoms with E-state index in [1.54, 1.807) is 54.6 Å². The number of nitriles is 1. The van der Waals surface area contributed by atoms with Crippen LogP contribution in [0.2, 0.25) is 10.0 Å². The van der Waals surface area contributed by atoms with Crippen LogP contribution in [0, 0.1) is 11.3 Å². The van der Waals surface area contributed by atoms with Gasteiger partial charge in [0.05, 0.1) is 31.7 Å². The van der Waals surface area contributed by atoms with Crippen molar-refractivity contribution in [3.05, 3.63) is 96.8 Å². The summed E-state index contributed by atoms with van der Waals surface area (Å²) in [4.78, 5) is 26.7. The molecule has 0 aliphatic carbocycles. The number of hydrogen-bond acceptors (Lipinski definition) is 5. The Balaban J connectivity index is 1.55. The van der Waals surface area contributed by atoms with Crippen molar-refractivity contribution >= 4 is 73.8 Å². The second-order valence-corrected chi connectivity index (χ2v) is 9.56. The second kappa shape index (κ2) is 10.0. The number of amides is 2. The molecule has 5 nitrogen and oxygen atoms in total. The number of ether oxygens (including phenoxy) is 1. The highest BCUT2D eigenvalue weighted by molar-refractivity contribution is 9.10. The van der Waals surface area contributed by atoms with Crippen LogP contribution >= 0.6 is 50.9 Å². The molecule has 2 amide bonds. The van der Waals surface area contributed by atoms with E-state index in [2.05, 4.69) is 22.0 Å². The summed E-state index contributed by atoms with van der Waals surface area (Å²) in [7, 11) is 0. The Morgan fingerprint density at radius 1 is 1.09 bits per heavy atom. The molecule has 1 saturated heterocycles. The van der Waals surface area contributed by atoms with Crippen molar-refractivity contribution in [2.75, 3.05) is 4.90 Å². The maximum absolute atomic E-state index is 12.8. The fourth-order valence-electron chi connectivity index (χ4n) is 3.14. The van der Waals surface area contributed by atoms with Crippen molar-refractivity contribution in [1.29, 1.82) is 5.26 Å². The fourth-order valence-corrected chi connectivity index (χ4v) is 5.09. The first-order chi connectivity index (χ1) is 15.9. The number of imide groups is 1. The molecule has 0 spiro atoms. The minimum absolute atomic E-state index is 0.168. The van der Waals surface area contributed by atoms with Gasteiger partial charge in [0, 0.05) is 10.6 Å². The third-order valence-corrected chi connectivity index (χ3v) is 6.70. The monoisotopic (exact) mass is 558 g/mol. The largest absolute Gasteiger partial charge is 0.486 e. The Labute approximate surface area is 212 Å². The maximum atomic E-state index is 12.8. The normalized spacial score (nSPS) is 14.6. The van der Waals surface area contributed by atoms with Crippen molar-refractivity contribution in [2.45, 2.75) is 6.61 Å². The van der Waals surface area contributed by atoms with Gasteiger partial charge in [-0.3, -0.25) is 9.59 Å². The highest BCUT2D eigenvalue weighted by Gasteiger charge is 2.36. The molecule has 0 radical (unpaired) electrons. The lowest BCUT2D eigenvalue weighted by atomic mass is 10.1. The Kier molecular flexibility index (Phi) is 7.11. The summed E-state index contributed by atoms with van der Waals surface area (Å²) in [5.74, 6) is -0.0103. The second-order valence-electron chi connectivity index (χ2n) is 6.86. The van der Waals surface area contributed by atoms with E-state index in [0.29, 0.717) is 37.1 Å². The lowest BCUT2D eigenvalue weighted by Crippen LogP contribution is -2.27. The highest BCUT2D eigenvalue weighted by atomic mass is 79.9. The van der Waals surface area contributed by atoms with Gasteiger partial charge >= 0.3 is 0 Å². The standard InChI is InChI=1S/C24H13BrCl2N2O3S/c25-19-9-14(10-20(27)22(19)32-13-16-4-2-1-3-15(16)12-28)11-21-23(30)29(24(31)33-21)18-7-5-17(26)6-8-18/h1-11H,13H2/b21-11+. The zero-order chi connectivity index (χ0) is 23.5. The molecule has 3 aromatic carbocycles. The Morgan fingerprint density at radius 3 is 2.52 bits per heavy atom. The van der Waals surface area contributed by atoms with Crippen LogP contribution in [0.4, 0.5) is 10.5 Å². The molecule has 33 heavy (non-hydrogen) atoms. The van der Waals surface area contributed by atoms with E-state index >= 15 is 0 Å². The first kappa shape index (κ1) is 23.4. The molecule has 0 bridgehead atoms. The van der Waals surface area contributed by atoms with E-state index in [1.165, 1.54) is 0 Å². The minimum Gasteiger partial charge on any atom is -0.486 e. The van der Waals surface area contributed by atoms with Gasteiger partial charge in [0.1, 0.15) is 6.61 Å². The molecule has 0 unspecified atom stereocenters. The van der Waals surface area contributed by atoms with Crippen LogP contribution in [-0.4, -0.2) is 11.1 Å². The lowest BCUT2D eigenvalue weighted by Gasteiger charge is -2.13. The number of halogens is 3. The van der Waals surface area contributed by atoms with Crippen molar-refractivity contribution in [3.8, 4) is 11.8 Å². The van der Waals surface area contributed by atoms with Gasteiger partial charge in [-0.2, -0.15) is 5.26 Å². The molecule has 1 aliphatic rings. The molecule has 3 aromatic rings. The van der Waals surface area contributed by atoms with Gasteiger partial charge in [-0.1, -0.05) is 41.4 Å². The van der Waals surface area contributed by atoms with Gasteiger partial charge in [-0.25, -0.2) is 4.90 Å². The number of nitrogens with zero attached hydrogens (tertiary/aromatic N) is 2. The molecule has 0 atom stereocenters. The summed E-state index contributed by atoms with van der Waals surface area (Å²) in [5, 5.41) is 9.67. The van der Waals surface area contributed by atoms with Crippen LogP contribution in [-0.2, 0) is 11.4 Å². The number of rotatable bonds is 5. The molecular weight excluding hydrogens is 547 g/mol. The highest BCUT2D eigenvalue weighted by Crippen LogP contribution is 2.39. The minimum atomic E-state index is -0.423. The van der Waals surface area contributed by atoms with Gasteiger partial charge in [0.2, 0.25) is 0 Å². The first-order valence-electron chi connectivity index (χ1n) is 9.50. The number of hydrogen-bond donors (Lipinski definition) is 0. The predicted octanol–water partition coefficient (Wildman–Crippen LogP) is 7.45. The molecule has 0 aromatic heterocycles. The third-order valence-electron chi connectivity index (χ3n) is 4.71. The Hall–Kier alpha value is -2.76. The van der Waals surface area contributed by atoms with E-state index in [0.717, 1.165) is 22.2 Å². The van der Waals surface area contributed by atoms with Crippen LogP contribution in [0.1, 0.15) is 16.7 Å². The molecule has 0 N–H and O–H groups in total. The molecule has 4 rings (SSSR count). The SMILES string of the molecule is N#Cc1ccccc1COc1c(Cl)cc(/C=C2/SC(=O)N(c3ccc(Cl)cc3)C2=O)cc1Br. The summed E-state index contributed by atoms with van der Waals surface area (Å²) >= 11 is 16.6. The maximum Gasteiger partial charge on any atom is 0.298 e. The summed E-state index contributed by atoms with van der Waals surface area (Å²) < 4.78 is 6.42. The van der Waals surface area contributed by atoms with Gasteiger partial charge in [-0.15, -0.1) is 0 Å². The topological polar surface area (TPSA) is 70.4 Å². The van der Waals surface area contributed by atoms with Crippen LogP contribution in [0.5, 0.6) is 5.75 Å². The molecular formula is C24H13BrCl2N2O3S. The summed E-state index contributed by atoms with van der Waals surface area (Å²) in [6.45, 7) is 0.168. The predicted molar refractivity (Wildman–Crippen MR) is 135 cm³/mol. The summed E-state index contributed by atoms with van der Waals surface area (Å²) in [5.41, 5.74) is 2.34. The summed E-state index contributed by atoms with van der Waals surface area (Å²) in [6.07, 6.45) is 1.60. The van der Waals surface area contributed by atoms with Crippen LogP contribution < -0.4 is 9.64 Å². The van der Waals surface area contributed by atoms with Crippen LogP contribution in [0.15, 0.2) is 70.0 Å². The van der Waals surface area contributed by atoms with Crippen LogP contribution in [0.25, 0.3) is 6.08 Å². The average Bonchev–Trinajstić information content (AvgIpc) is 3.07. The summed E-state index contributed by atoms with van der Waals surface area (Å²) in [6, 6.07) is 19.1. The fraction of sp³-hybridized carbons (Fsp3) is 0.0417. The van der Waals surface area contributed by atoms with Gasteiger partial charge in [0.15, 0.2) is 5.75 Å². The average molecular weight is 560 g/mol. The van der Waals surface area contributed by atoms with E-state index in [-0.39, 0.29) is 11.5 Å². The number of benzene rings is 3. The zero-order valence-electron chi connectivity index (χ0n) is 16.7.